The number of rotatable bonds is 5. The molecule has 3 atom stereocenters. The summed E-state index contributed by atoms with van der Waals surface area (Å²) in [6.07, 6.45) is 1.79. The molecule has 20 heavy (non-hydrogen) atoms. The third-order valence-corrected chi connectivity index (χ3v) is 9.99. The molecule has 0 aromatic carbocycles. The Morgan fingerprint density at radius 1 is 1.20 bits per heavy atom. The average Bonchev–Trinajstić information content (AvgIpc) is 2.10. The smallest absolute Gasteiger partial charge is 0.192 e. The molecule has 2 N–H and O–H groups in total. The van der Waals surface area contributed by atoms with Crippen LogP contribution in [0.1, 0.15) is 54.4 Å². The van der Waals surface area contributed by atoms with E-state index in [1.165, 1.54) is 0 Å². The third-order valence-electron chi connectivity index (χ3n) is 5.49. The molecule has 0 bridgehead atoms. The van der Waals surface area contributed by atoms with E-state index < -0.39 is 13.9 Å². The number of aliphatic hydroxyl groups is 2. The van der Waals surface area contributed by atoms with Crippen molar-refractivity contribution in [1.82, 2.24) is 0 Å². The van der Waals surface area contributed by atoms with Gasteiger partial charge in [-0.25, -0.2) is 0 Å². The Balaban J connectivity index is 2.89. The summed E-state index contributed by atoms with van der Waals surface area (Å²) in [5.41, 5.74) is -0.783. The second-order valence-corrected chi connectivity index (χ2v) is 13.6. The Hall–Kier alpha value is 0.0969. The fourth-order valence-electron chi connectivity index (χ4n) is 3.48. The summed E-state index contributed by atoms with van der Waals surface area (Å²) >= 11 is 0. The third kappa shape index (κ3) is 3.46. The van der Waals surface area contributed by atoms with E-state index in [2.05, 4.69) is 40.8 Å². The molecule has 120 valence electrons. The minimum absolute atomic E-state index is 0.0139. The number of aliphatic hydroxyl groups excluding tert-OH is 1. The van der Waals surface area contributed by atoms with Crippen molar-refractivity contribution in [3.63, 3.8) is 0 Å². The Morgan fingerprint density at radius 2 is 1.70 bits per heavy atom. The highest BCUT2D eigenvalue weighted by Gasteiger charge is 2.58. The van der Waals surface area contributed by atoms with Crippen LogP contribution in [0.3, 0.4) is 0 Å². The van der Waals surface area contributed by atoms with Crippen LogP contribution < -0.4 is 0 Å². The summed E-state index contributed by atoms with van der Waals surface area (Å²) in [6.45, 7) is 17.3. The lowest BCUT2D eigenvalue weighted by Crippen LogP contribution is -2.63. The molecular weight excluding hydrogens is 268 g/mol. The molecule has 0 aromatic heterocycles. The second-order valence-electron chi connectivity index (χ2n) is 8.88. The lowest BCUT2D eigenvalue weighted by molar-refractivity contribution is -0.183. The fraction of sp³-hybridized carbons (Fsp3) is 1.00. The first-order chi connectivity index (χ1) is 8.74. The van der Waals surface area contributed by atoms with Gasteiger partial charge in [0.25, 0.3) is 0 Å². The topological polar surface area (TPSA) is 49.7 Å². The van der Waals surface area contributed by atoms with Crippen LogP contribution in [0, 0.1) is 11.3 Å². The summed E-state index contributed by atoms with van der Waals surface area (Å²) < 4.78 is 6.52. The predicted octanol–water partition coefficient (Wildman–Crippen LogP) is 3.56. The van der Waals surface area contributed by atoms with E-state index in [1.807, 2.05) is 13.8 Å². The fourth-order valence-corrected chi connectivity index (χ4v) is 4.81. The monoisotopic (exact) mass is 302 g/mol. The van der Waals surface area contributed by atoms with Gasteiger partial charge in [-0.15, -0.1) is 0 Å². The van der Waals surface area contributed by atoms with Gasteiger partial charge in [-0.1, -0.05) is 27.7 Å². The maximum Gasteiger partial charge on any atom is 0.192 e. The van der Waals surface area contributed by atoms with Crippen molar-refractivity contribution in [2.24, 2.45) is 11.3 Å². The summed E-state index contributed by atoms with van der Waals surface area (Å²) in [5, 5.41) is 20.0. The van der Waals surface area contributed by atoms with Gasteiger partial charge in [-0.05, 0) is 50.2 Å². The maximum absolute atomic E-state index is 10.5. The first-order valence-electron chi connectivity index (χ1n) is 7.76. The minimum Gasteiger partial charge on any atom is -0.414 e. The van der Waals surface area contributed by atoms with Crippen LogP contribution in [0.4, 0.5) is 0 Å². The summed E-state index contributed by atoms with van der Waals surface area (Å²) in [5.74, 6) is 0.0938. The highest BCUT2D eigenvalue weighted by molar-refractivity contribution is 6.74. The molecule has 0 amide bonds. The molecule has 3 unspecified atom stereocenters. The largest absolute Gasteiger partial charge is 0.414 e. The van der Waals surface area contributed by atoms with Gasteiger partial charge >= 0.3 is 0 Å². The molecule has 0 aromatic rings. The van der Waals surface area contributed by atoms with Crippen molar-refractivity contribution in [1.29, 1.82) is 0 Å². The van der Waals surface area contributed by atoms with Gasteiger partial charge in [-0.3, -0.25) is 0 Å². The lowest BCUT2D eigenvalue weighted by atomic mass is 9.53. The molecule has 0 spiro atoms. The van der Waals surface area contributed by atoms with E-state index in [-0.39, 0.29) is 29.1 Å². The first kappa shape index (κ1) is 18.1. The van der Waals surface area contributed by atoms with Crippen molar-refractivity contribution in [3.05, 3.63) is 0 Å². The lowest BCUT2D eigenvalue weighted by Gasteiger charge is -2.60. The first-order valence-corrected chi connectivity index (χ1v) is 10.7. The van der Waals surface area contributed by atoms with Gasteiger partial charge in [0.05, 0.1) is 11.7 Å². The van der Waals surface area contributed by atoms with Crippen LogP contribution in [-0.4, -0.2) is 36.8 Å². The Bertz CT molecular complexity index is 341. The molecule has 0 radical (unpaired) electrons. The van der Waals surface area contributed by atoms with Crippen LogP contribution >= 0.6 is 0 Å². The van der Waals surface area contributed by atoms with Gasteiger partial charge in [-0.2, -0.15) is 0 Å². The molecule has 1 aliphatic carbocycles. The van der Waals surface area contributed by atoms with Crippen molar-refractivity contribution in [2.45, 2.75) is 84.2 Å². The molecule has 1 saturated carbocycles. The highest BCUT2D eigenvalue weighted by Crippen LogP contribution is 2.56. The van der Waals surface area contributed by atoms with Crippen LogP contribution in [-0.2, 0) is 4.43 Å². The number of hydrogen-bond donors (Lipinski definition) is 2. The summed E-state index contributed by atoms with van der Waals surface area (Å²) in [6, 6.07) is 0. The van der Waals surface area contributed by atoms with Crippen LogP contribution in [0.2, 0.25) is 18.1 Å². The molecule has 4 heteroatoms. The van der Waals surface area contributed by atoms with Crippen molar-refractivity contribution in [3.8, 4) is 0 Å². The van der Waals surface area contributed by atoms with Crippen molar-refractivity contribution in [2.75, 3.05) is 6.61 Å². The second kappa shape index (κ2) is 5.38. The Kier molecular flexibility index (Phi) is 4.88. The molecule has 0 heterocycles. The van der Waals surface area contributed by atoms with E-state index in [1.54, 1.807) is 0 Å². The van der Waals surface area contributed by atoms with Gasteiger partial charge in [0.1, 0.15) is 0 Å². The van der Waals surface area contributed by atoms with Gasteiger partial charge < -0.3 is 14.6 Å². The average molecular weight is 303 g/mol. The van der Waals surface area contributed by atoms with E-state index in [0.717, 1.165) is 12.8 Å². The maximum atomic E-state index is 10.5. The SMILES string of the molecule is CC(C)(O)C1C(O[Si](C)(C)C(C)(C)C)CC1(C)CCO. The zero-order valence-electron chi connectivity index (χ0n) is 14.6. The summed E-state index contributed by atoms with van der Waals surface area (Å²) in [7, 11) is -1.82. The molecule has 0 aliphatic heterocycles. The van der Waals surface area contributed by atoms with Crippen molar-refractivity contribution >= 4 is 8.32 Å². The molecule has 1 fully saturated rings. The minimum atomic E-state index is -1.82. The van der Waals surface area contributed by atoms with Crippen LogP contribution in [0.15, 0.2) is 0 Å². The number of hydrogen-bond acceptors (Lipinski definition) is 3. The van der Waals surface area contributed by atoms with E-state index in [4.69, 9.17) is 4.43 Å². The van der Waals surface area contributed by atoms with Gasteiger partial charge in [0.2, 0.25) is 0 Å². The molecule has 0 saturated heterocycles. The van der Waals surface area contributed by atoms with E-state index >= 15 is 0 Å². The quantitative estimate of drug-likeness (QED) is 0.764. The van der Waals surface area contributed by atoms with Gasteiger partial charge in [0.15, 0.2) is 8.32 Å². The van der Waals surface area contributed by atoms with E-state index in [9.17, 15) is 10.2 Å². The standard InChI is InChI=1S/C16H34O3Si/c1-14(2,3)20(7,8)19-12-11-16(6,9-10-17)13(12)15(4,5)18/h12-13,17-18H,9-11H2,1-8H3. The predicted molar refractivity (Wildman–Crippen MR) is 86.3 cm³/mol. The zero-order chi connectivity index (χ0) is 16.0. The molecule has 3 nitrogen and oxygen atoms in total. The normalized spacial score (nSPS) is 32.1. The Morgan fingerprint density at radius 3 is 2.05 bits per heavy atom. The molecule has 1 aliphatic rings. The van der Waals surface area contributed by atoms with Gasteiger partial charge in [0, 0.05) is 12.5 Å². The zero-order valence-corrected chi connectivity index (χ0v) is 15.6. The highest BCUT2D eigenvalue weighted by atomic mass is 28.4. The van der Waals surface area contributed by atoms with E-state index in [0.29, 0.717) is 0 Å². The molecule has 1 rings (SSSR count). The Labute approximate surface area is 125 Å². The van der Waals surface area contributed by atoms with Crippen LogP contribution in [0.25, 0.3) is 0 Å². The molecular formula is C16H34O3Si. The van der Waals surface area contributed by atoms with Crippen LogP contribution in [0.5, 0.6) is 0 Å². The summed E-state index contributed by atoms with van der Waals surface area (Å²) in [4.78, 5) is 0. The van der Waals surface area contributed by atoms with Crippen molar-refractivity contribution < 1.29 is 14.6 Å².